The summed E-state index contributed by atoms with van der Waals surface area (Å²) in [6.07, 6.45) is 0.0348. The average molecular weight is 385 g/mol. The molecule has 7 nitrogen and oxygen atoms in total. The number of halogens is 1. The molecule has 8 heteroatoms. The molecule has 1 aromatic carbocycles. The number of carboxylic acids is 1. The van der Waals surface area contributed by atoms with Gasteiger partial charge in [-0.2, -0.15) is 0 Å². The minimum Gasteiger partial charge on any atom is -0.490 e. The monoisotopic (exact) mass is 384 g/mol. The Morgan fingerprint density at radius 1 is 1.38 bits per heavy atom. The normalized spacial score (nSPS) is 17.0. The molecular weight excluding hydrogens is 360 g/mol. The highest BCUT2D eigenvalue weighted by molar-refractivity contribution is 6.32. The molecule has 144 valence electrons. The molecule has 1 aliphatic heterocycles. The van der Waals surface area contributed by atoms with Gasteiger partial charge in [-0.1, -0.05) is 11.6 Å². The van der Waals surface area contributed by atoms with Gasteiger partial charge in [0.2, 0.25) is 5.91 Å². The first-order valence-electron chi connectivity index (χ1n) is 8.55. The Morgan fingerprint density at radius 2 is 2.12 bits per heavy atom. The Bertz CT molecular complexity index is 665. The van der Waals surface area contributed by atoms with Crippen LogP contribution in [0.15, 0.2) is 12.1 Å². The highest BCUT2D eigenvalue weighted by Gasteiger charge is 2.34. The number of hydrogen-bond donors (Lipinski definition) is 1. The number of carboxylic acid groups (broad SMARTS) is 1. The van der Waals surface area contributed by atoms with Crippen LogP contribution in [0.5, 0.6) is 11.5 Å². The van der Waals surface area contributed by atoms with E-state index in [4.69, 9.17) is 26.2 Å². The van der Waals surface area contributed by atoms with Crippen LogP contribution in [0.4, 0.5) is 0 Å². The fourth-order valence-electron chi connectivity index (χ4n) is 2.76. The van der Waals surface area contributed by atoms with E-state index >= 15 is 0 Å². The first-order chi connectivity index (χ1) is 12.3. The molecule has 1 saturated heterocycles. The smallest absolute Gasteiger partial charge is 0.308 e. The second kappa shape index (κ2) is 9.09. The lowest BCUT2D eigenvalue weighted by Gasteiger charge is -2.19. The minimum atomic E-state index is -0.946. The van der Waals surface area contributed by atoms with Crippen LogP contribution in [0.1, 0.15) is 18.9 Å². The first kappa shape index (κ1) is 20.3. The van der Waals surface area contributed by atoms with Crippen molar-refractivity contribution in [3.63, 3.8) is 0 Å². The molecule has 1 heterocycles. The standard InChI is InChI=1S/C18H25ClN2O5/c1-4-25-15-8-12(7-14(19)17(15)26-6-5-20(2)3)10-21-11-13(18(23)24)9-16(21)22/h7-8,13H,4-6,9-11H2,1-3H3,(H,23,24). The maximum Gasteiger partial charge on any atom is 0.308 e. The third-order valence-corrected chi connectivity index (χ3v) is 4.37. The second-order valence-corrected chi connectivity index (χ2v) is 6.91. The molecule has 0 aliphatic carbocycles. The maximum absolute atomic E-state index is 12.0. The molecular formula is C18H25ClN2O5. The van der Waals surface area contributed by atoms with Crippen LogP contribution >= 0.6 is 11.6 Å². The third-order valence-electron chi connectivity index (χ3n) is 4.09. The highest BCUT2D eigenvalue weighted by atomic mass is 35.5. The van der Waals surface area contributed by atoms with E-state index in [9.17, 15) is 9.59 Å². The Hall–Kier alpha value is -1.99. The van der Waals surface area contributed by atoms with Crippen LogP contribution < -0.4 is 9.47 Å². The number of carbonyl (C=O) groups excluding carboxylic acids is 1. The van der Waals surface area contributed by atoms with E-state index in [1.807, 2.05) is 25.9 Å². The summed E-state index contributed by atoms with van der Waals surface area (Å²) in [6.45, 7) is 4.02. The van der Waals surface area contributed by atoms with Crippen molar-refractivity contribution >= 4 is 23.5 Å². The van der Waals surface area contributed by atoms with Crippen molar-refractivity contribution in [1.29, 1.82) is 0 Å². The number of carbonyl (C=O) groups is 2. The number of nitrogens with zero attached hydrogens (tertiary/aromatic N) is 2. The number of benzene rings is 1. The van der Waals surface area contributed by atoms with Crippen molar-refractivity contribution in [2.45, 2.75) is 19.9 Å². The molecule has 1 amide bonds. The summed E-state index contributed by atoms with van der Waals surface area (Å²) < 4.78 is 11.4. The molecule has 1 N–H and O–H groups in total. The lowest BCUT2D eigenvalue weighted by Crippen LogP contribution is -2.25. The van der Waals surface area contributed by atoms with Gasteiger partial charge in [-0.05, 0) is 38.7 Å². The van der Waals surface area contributed by atoms with Crippen molar-refractivity contribution in [2.24, 2.45) is 5.92 Å². The molecule has 1 aromatic rings. The zero-order chi connectivity index (χ0) is 19.3. The van der Waals surface area contributed by atoms with E-state index in [-0.39, 0.29) is 18.9 Å². The van der Waals surface area contributed by atoms with Gasteiger partial charge < -0.3 is 24.4 Å². The third kappa shape index (κ3) is 5.25. The van der Waals surface area contributed by atoms with Gasteiger partial charge >= 0.3 is 5.97 Å². The molecule has 0 aromatic heterocycles. The van der Waals surface area contributed by atoms with Gasteiger partial charge in [0.25, 0.3) is 0 Å². The van der Waals surface area contributed by atoms with Crippen molar-refractivity contribution in [3.05, 3.63) is 22.7 Å². The number of ether oxygens (including phenoxy) is 2. The summed E-state index contributed by atoms with van der Waals surface area (Å²) >= 11 is 6.37. The van der Waals surface area contributed by atoms with Crippen LogP contribution in [-0.2, 0) is 16.1 Å². The molecule has 26 heavy (non-hydrogen) atoms. The van der Waals surface area contributed by atoms with Gasteiger partial charge in [-0.3, -0.25) is 9.59 Å². The Balaban J connectivity index is 2.14. The number of aliphatic carboxylic acids is 1. The summed E-state index contributed by atoms with van der Waals surface area (Å²) in [4.78, 5) is 26.7. The molecule has 1 fully saturated rings. The topological polar surface area (TPSA) is 79.3 Å². The molecule has 1 unspecified atom stereocenters. The molecule has 0 radical (unpaired) electrons. The molecule has 0 bridgehead atoms. The summed E-state index contributed by atoms with van der Waals surface area (Å²) in [6, 6.07) is 3.53. The van der Waals surface area contributed by atoms with Gasteiger partial charge in [0.1, 0.15) is 6.61 Å². The number of rotatable bonds is 9. The fourth-order valence-corrected chi connectivity index (χ4v) is 3.04. The van der Waals surface area contributed by atoms with Gasteiger partial charge in [-0.15, -0.1) is 0 Å². The minimum absolute atomic E-state index is 0.0348. The molecule has 0 spiro atoms. The van der Waals surface area contributed by atoms with Crippen LogP contribution in [-0.4, -0.2) is 67.2 Å². The predicted molar refractivity (Wildman–Crippen MR) is 97.8 cm³/mol. The number of amides is 1. The SMILES string of the molecule is CCOc1cc(CN2CC(C(=O)O)CC2=O)cc(Cl)c1OCCN(C)C. The van der Waals surface area contributed by atoms with Crippen LogP contribution in [0, 0.1) is 5.92 Å². The Kier molecular flexibility index (Phi) is 7.11. The number of likely N-dealkylation sites (N-methyl/N-ethyl adjacent to an activating group) is 1. The van der Waals surface area contributed by atoms with Crippen molar-refractivity contribution in [3.8, 4) is 11.5 Å². The molecule has 1 aliphatic rings. The van der Waals surface area contributed by atoms with Crippen molar-refractivity contribution < 1.29 is 24.2 Å². The van der Waals surface area contributed by atoms with E-state index < -0.39 is 11.9 Å². The molecule has 0 saturated carbocycles. The highest BCUT2D eigenvalue weighted by Crippen LogP contribution is 2.37. The van der Waals surface area contributed by atoms with Crippen molar-refractivity contribution in [2.75, 3.05) is 40.4 Å². The fraction of sp³-hybridized carbons (Fsp3) is 0.556. The Labute approximate surface area is 158 Å². The van der Waals surface area contributed by atoms with E-state index in [0.717, 1.165) is 12.1 Å². The van der Waals surface area contributed by atoms with Crippen LogP contribution in [0.3, 0.4) is 0 Å². The molecule has 2 rings (SSSR count). The lowest BCUT2D eigenvalue weighted by atomic mass is 10.1. The molecule has 1 atom stereocenters. The Morgan fingerprint density at radius 3 is 2.69 bits per heavy atom. The zero-order valence-corrected chi connectivity index (χ0v) is 16.1. The lowest BCUT2D eigenvalue weighted by molar-refractivity contribution is -0.141. The van der Waals surface area contributed by atoms with Crippen LogP contribution in [0.2, 0.25) is 5.02 Å². The average Bonchev–Trinajstić information content (AvgIpc) is 2.91. The van der Waals surface area contributed by atoms with Gasteiger partial charge in [0, 0.05) is 26.1 Å². The van der Waals surface area contributed by atoms with E-state index in [2.05, 4.69) is 0 Å². The van der Waals surface area contributed by atoms with Gasteiger partial charge in [-0.25, -0.2) is 0 Å². The number of likely N-dealkylation sites (tertiary alicyclic amines) is 1. The quantitative estimate of drug-likeness (QED) is 0.702. The van der Waals surface area contributed by atoms with Gasteiger partial charge in [0.05, 0.1) is 17.5 Å². The number of hydrogen-bond acceptors (Lipinski definition) is 5. The van der Waals surface area contributed by atoms with Gasteiger partial charge in [0.15, 0.2) is 11.5 Å². The largest absolute Gasteiger partial charge is 0.490 e. The zero-order valence-electron chi connectivity index (χ0n) is 15.3. The van der Waals surface area contributed by atoms with E-state index in [0.29, 0.717) is 36.3 Å². The van der Waals surface area contributed by atoms with E-state index in [1.165, 1.54) is 4.90 Å². The second-order valence-electron chi connectivity index (χ2n) is 6.50. The predicted octanol–water partition coefficient (Wildman–Crippen LogP) is 2.11. The summed E-state index contributed by atoms with van der Waals surface area (Å²) in [5.74, 6) is -0.764. The summed E-state index contributed by atoms with van der Waals surface area (Å²) in [7, 11) is 3.91. The maximum atomic E-state index is 12.0. The summed E-state index contributed by atoms with van der Waals surface area (Å²) in [5.41, 5.74) is 0.776. The van der Waals surface area contributed by atoms with Crippen LogP contribution in [0.25, 0.3) is 0 Å². The first-order valence-corrected chi connectivity index (χ1v) is 8.93. The van der Waals surface area contributed by atoms with Crippen molar-refractivity contribution in [1.82, 2.24) is 9.80 Å². The summed E-state index contributed by atoms with van der Waals surface area (Å²) in [5, 5.41) is 9.50. The van der Waals surface area contributed by atoms with E-state index in [1.54, 1.807) is 12.1 Å².